The van der Waals surface area contributed by atoms with Gasteiger partial charge in [0.1, 0.15) is 17.5 Å². The number of nitrogens with one attached hydrogen (secondary N) is 1. The number of amides is 4. The number of carbonyl (C=O) groups is 4. The first-order valence-corrected chi connectivity index (χ1v) is 11.7. The van der Waals surface area contributed by atoms with Gasteiger partial charge in [0.25, 0.3) is 5.91 Å². The lowest BCUT2D eigenvalue weighted by Gasteiger charge is -2.22. The molecule has 0 aromatic heterocycles. The van der Waals surface area contributed by atoms with Crippen LogP contribution in [-0.4, -0.2) is 56.1 Å². The summed E-state index contributed by atoms with van der Waals surface area (Å²) in [7, 11) is 4.36. The zero-order valence-corrected chi connectivity index (χ0v) is 21.2. The average molecular weight is 518 g/mol. The normalized spacial score (nSPS) is 14.9. The van der Waals surface area contributed by atoms with Crippen LogP contribution in [0.2, 0.25) is 0 Å². The maximum absolute atomic E-state index is 13.5. The van der Waals surface area contributed by atoms with Gasteiger partial charge in [0.15, 0.2) is 0 Å². The van der Waals surface area contributed by atoms with E-state index in [9.17, 15) is 19.2 Å². The maximum atomic E-state index is 13.5. The second-order valence-corrected chi connectivity index (χ2v) is 8.47. The van der Waals surface area contributed by atoms with Crippen molar-refractivity contribution in [2.75, 3.05) is 31.5 Å². The molecule has 3 aromatic rings. The molecule has 0 bridgehead atoms. The van der Waals surface area contributed by atoms with Gasteiger partial charge >= 0.3 is 12.0 Å². The van der Waals surface area contributed by atoms with E-state index in [4.69, 9.17) is 9.47 Å². The number of hydrogen-bond donors (Lipinski definition) is 1. The summed E-state index contributed by atoms with van der Waals surface area (Å²) >= 11 is 0. The predicted molar refractivity (Wildman–Crippen MR) is 139 cm³/mol. The summed E-state index contributed by atoms with van der Waals surface area (Å²) in [6, 6.07) is 18.3. The molecule has 4 amide bonds. The lowest BCUT2D eigenvalue weighted by Crippen LogP contribution is -2.37. The van der Waals surface area contributed by atoms with Crippen LogP contribution in [-0.2, 0) is 20.9 Å². The van der Waals surface area contributed by atoms with Gasteiger partial charge in [-0.25, -0.2) is 14.5 Å². The van der Waals surface area contributed by atoms with Gasteiger partial charge in [-0.1, -0.05) is 12.1 Å². The lowest BCUT2D eigenvalue weighted by atomic mass is 10.1. The monoisotopic (exact) mass is 517 g/mol. The number of anilines is 2. The number of nitrogens with zero attached hydrogens (tertiary/aromatic N) is 2. The fraction of sp³-hybridized carbons (Fsp3) is 0.214. The molecule has 3 aromatic carbocycles. The van der Waals surface area contributed by atoms with Crippen molar-refractivity contribution in [3.63, 3.8) is 0 Å². The lowest BCUT2D eigenvalue weighted by molar-refractivity contribution is -0.124. The van der Waals surface area contributed by atoms with E-state index < -0.39 is 29.9 Å². The predicted octanol–water partition coefficient (Wildman–Crippen LogP) is 3.86. The highest BCUT2D eigenvalue weighted by Crippen LogP contribution is 2.30. The van der Waals surface area contributed by atoms with Crippen LogP contribution in [0.15, 0.2) is 72.8 Å². The van der Waals surface area contributed by atoms with Gasteiger partial charge in [-0.15, -0.1) is 0 Å². The second kappa shape index (κ2) is 11.5. The summed E-state index contributed by atoms with van der Waals surface area (Å²) in [5.41, 5.74) is 1.92. The molecule has 1 fully saturated rings. The number of methoxy groups -OCH3 is 3. The van der Waals surface area contributed by atoms with Crippen LogP contribution in [0, 0.1) is 0 Å². The highest BCUT2D eigenvalue weighted by molar-refractivity contribution is 6.22. The van der Waals surface area contributed by atoms with Crippen LogP contribution in [0.3, 0.4) is 0 Å². The molecular formula is C28H27N3O7. The van der Waals surface area contributed by atoms with Gasteiger partial charge in [-0.2, -0.15) is 0 Å². The molecule has 1 atom stereocenters. The Morgan fingerprint density at radius 1 is 0.816 bits per heavy atom. The summed E-state index contributed by atoms with van der Waals surface area (Å²) in [4.78, 5) is 54.0. The summed E-state index contributed by atoms with van der Waals surface area (Å²) in [6.45, 7) is 0.118. The van der Waals surface area contributed by atoms with Crippen molar-refractivity contribution < 1.29 is 33.4 Å². The molecule has 0 saturated carbocycles. The number of carbonyl (C=O) groups excluding carboxylic acids is 4. The molecule has 1 aliphatic rings. The number of esters is 1. The van der Waals surface area contributed by atoms with Crippen LogP contribution >= 0.6 is 0 Å². The van der Waals surface area contributed by atoms with Crippen LogP contribution < -0.4 is 19.7 Å². The second-order valence-electron chi connectivity index (χ2n) is 8.47. The first-order valence-electron chi connectivity index (χ1n) is 11.7. The van der Waals surface area contributed by atoms with Crippen LogP contribution in [0.1, 0.15) is 22.3 Å². The molecule has 10 nitrogen and oxygen atoms in total. The number of benzene rings is 3. The third-order valence-corrected chi connectivity index (χ3v) is 6.13. The van der Waals surface area contributed by atoms with E-state index >= 15 is 0 Å². The Morgan fingerprint density at radius 3 is 1.95 bits per heavy atom. The molecule has 1 heterocycles. The summed E-state index contributed by atoms with van der Waals surface area (Å²) in [5, 5.41) is 2.72. The zero-order valence-electron chi connectivity index (χ0n) is 21.2. The van der Waals surface area contributed by atoms with Crippen molar-refractivity contribution in [2.24, 2.45) is 0 Å². The fourth-order valence-corrected chi connectivity index (χ4v) is 4.11. The SMILES string of the molecule is COC(=O)c1ccc(NC(=O)CC2C(=O)N(c3ccc(OC)cc3)C(=O)N2Cc2ccc(OC)cc2)cc1. The molecular weight excluding hydrogens is 490 g/mol. The molecule has 1 aliphatic heterocycles. The Kier molecular flexibility index (Phi) is 7.91. The number of urea groups is 1. The minimum absolute atomic E-state index is 0.118. The van der Waals surface area contributed by atoms with E-state index in [1.165, 1.54) is 31.3 Å². The highest BCUT2D eigenvalue weighted by Gasteiger charge is 2.46. The van der Waals surface area contributed by atoms with Crippen LogP contribution in [0.25, 0.3) is 0 Å². The third-order valence-electron chi connectivity index (χ3n) is 6.13. The van der Waals surface area contributed by atoms with Gasteiger partial charge in [-0.05, 0) is 66.2 Å². The molecule has 10 heteroatoms. The molecule has 1 saturated heterocycles. The van der Waals surface area contributed by atoms with Crippen molar-refractivity contribution in [1.29, 1.82) is 0 Å². The Balaban J connectivity index is 1.56. The molecule has 0 radical (unpaired) electrons. The zero-order chi connectivity index (χ0) is 27.2. The van der Waals surface area contributed by atoms with Gasteiger partial charge in [0, 0.05) is 12.2 Å². The molecule has 0 spiro atoms. The molecule has 196 valence electrons. The molecule has 1 unspecified atom stereocenters. The first-order chi connectivity index (χ1) is 18.3. The molecule has 38 heavy (non-hydrogen) atoms. The Hall–Kier alpha value is -4.86. The van der Waals surface area contributed by atoms with Crippen LogP contribution in [0.5, 0.6) is 11.5 Å². The summed E-state index contributed by atoms with van der Waals surface area (Å²) in [6.07, 6.45) is -0.258. The Morgan fingerprint density at radius 2 is 1.39 bits per heavy atom. The van der Waals surface area contributed by atoms with E-state index in [-0.39, 0.29) is 13.0 Å². The quantitative estimate of drug-likeness (QED) is 0.339. The van der Waals surface area contributed by atoms with Crippen molar-refractivity contribution in [3.05, 3.63) is 83.9 Å². The van der Waals surface area contributed by atoms with Gasteiger partial charge < -0.3 is 24.4 Å². The largest absolute Gasteiger partial charge is 0.497 e. The van der Waals surface area contributed by atoms with E-state index in [0.29, 0.717) is 28.4 Å². The topological polar surface area (TPSA) is 114 Å². The summed E-state index contributed by atoms with van der Waals surface area (Å²) < 4.78 is 15.1. The van der Waals surface area contributed by atoms with Crippen molar-refractivity contribution in [3.8, 4) is 11.5 Å². The number of ether oxygens (including phenoxy) is 3. The smallest absolute Gasteiger partial charge is 0.337 e. The van der Waals surface area contributed by atoms with E-state index in [1.807, 2.05) is 0 Å². The number of hydrogen-bond acceptors (Lipinski definition) is 7. The number of imide groups is 1. The number of rotatable bonds is 9. The maximum Gasteiger partial charge on any atom is 0.337 e. The van der Waals surface area contributed by atoms with Crippen molar-refractivity contribution >= 4 is 35.2 Å². The third kappa shape index (κ3) is 5.59. The van der Waals surface area contributed by atoms with Crippen molar-refractivity contribution in [2.45, 2.75) is 19.0 Å². The minimum Gasteiger partial charge on any atom is -0.497 e. The first kappa shape index (κ1) is 26.2. The molecule has 1 N–H and O–H groups in total. The molecule has 0 aliphatic carbocycles. The standard InChI is InChI=1S/C28H27N3O7/c1-36-22-12-4-18(5-13-22)17-30-24(16-25(32)29-20-8-6-19(7-9-20)27(34)38-3)26(33)31(28(30)35)21-10-14-23(37-2)15-11-21/h4-15,24H,16-17H2,1-3H3,(H,29,32). The fourth-order valence-electron chi connectivity index (χ4n) is 4.11. The van der Waals surface area contributed by atoms with Crippen LogP contribution in [0.4, 0.5) is 16.2 Å². The van der Waals surface area contributed by atoms with Gasteiger partial charge in [0.2, 0.25) is 5.91 Å². The molecule has 4 rings (SSSR count). The van der Waals surface area contributed by atoms with Gasteiger partial charge in [0.05, 0.1) is 39.0 Å². The van der Waals surface area contributed by atoms with Crippen molar-refractivity contribution in [1.82, 2.24) is 4.90 Å². The summed E-state index contributed by atoms with van der Waals surface area (Å²) in [5.74, 6) is -0.224. The minimum atomic E-state index is -1.03. The van der Waals surface area contributed by atoms with E-state index in [2.05, 4.69) is 10.1 Å². The average Bonchev–Trinajstić information content (AvgIpc) is 3.17. The Labute approximate surface area is 219 Å². The van der Waals surface area contributed by atoms with E-state index in [1.54, 1.807) is 67.8 Å². The van der Waals surface area contributed by atoms with E-state index in [0.717, 1.165) is 10.5 Å². The Bertz CT molecular complexity index is 1320. The highest BCUT2D eigenvalue weighted by atomic mass is 16.5. The van der Waals surface area contributed by atoms with Gasteiger partial charge in [-0.3, -0.25) is 9.59 Å².